The Morgan fingerprint density at radius 2 is 1.96 bits per heavy atom. The van der Waals surface area contributed by atoms with Crippen LogP contribution in [0.15, 0.2) is 40.4 Å². The number of ether oxygens (including phenoxy) is 4. The van der Waals surface area contributed by atoms with Gasteiger partial charge in [0.25, 0.3) is 5.79 Å². The molecule has 1 aromatic rings. The van der Waals surface area contributed by atoms with Crippen molar-refractivity contribution in [1.82, 2.24) is 0 Å². The summed E-state index contributed by atoms with van der Waals surface area (Å²) >= 11 is 3.37. The Balaban J connectivity index is 2.14. The Hall–Kier alpha value is -2.19. The van der Waals surface area contributed by atoms with E-state index in [-0.39, 0.29) is 18.8 Å². The third kappa shape index (κ3) is 3.39. The number of carbonyl (C=O) groups excluding carboxylic acids is 3. The van der Waals surface area contributed by atoms with E-state index in [1.54, 1.807) is 31.2 Å². The molecule has 144 valence electrons. The fraction of sp³-hybridized carbons (Fsp3) is 0.421. The highest BCUT2D eigenvalue weighted by Gasteiger charge is 2.67. The molecule has 2 fully saturated rings. The number of hydrogen-bond acceptors (Lipinski definition) is 7. The van der Waals surface area contributed by atoms with Gasteiger partial charge in [-0.3, -0.25) is 9.59 Å². The predicted octanol–water partition coefficient (Wildman–Crippen LogP) is 2.83. The minimum Gasteiger partial charge on any atom is -0.463 e. The molecule has 8 heteroatoms. The summed E-state index contributed by atoms with van der Waals surface area (Å²) < 4.78 is 22.2. The number of rotatable bonds is 3. The first-order valence-corrected chi connectivity index (χ1v) is 9.21. The molecule has 3 rings (SSSR count). The maximum Gasteiger partial charge on any atom is 0.334 e. The number of esters is 3. The maximum absolute atomic E-state index is 13.1. The molecule has 0 radical (unpaired) electrons. The van der Waals surface area contributed by atoms with Gasteiger partial charge in [0.2, 0.25) is 5.41 Å². The van der Waals surface area contributed by atoms with Crippen molar-refractivity contribution in [2.75, 3.05) is 13.2 Å². The number of carbonyl (C=O) groups is 3. The van der Waals surface area contributed by atoms with Crippen LogP contribution < -0.4 is 0 Å². The van der Waals surface area contributed by atoms with E-state index >= 15 is 0 Å². The maximum atomic E-state index is 13.1. The van der Waals surface area contributed by atoms with Crippen molar-refractivity contribution < 1.29 is 33.3 Å². The molecule has 1 spiro atoms. The Labute approximate surface area is 164 Å². The zero-order chi connectivity index (χ0) is 19.8. The summed E-state index contributed by atoms with van der Waals surface area (Å²) in [6, 6.07) is 7.03. The van der Waals surface area contributed by atoms with Gasteiger partial charge in [-0.25, -0.2) is 4.79 Å². The molecule has 0 aliphatic carbocycles. The van der Waals surface area contributed by atoms with Gasteiger partial charge < -0.3 is 18.9 Å². The van der Waals surface area contributed by atoms with Crippen molar-refractivity contribution in [2.24, 2.45) is 5.41 Å². The molecule has 0 saturated carbocycles. The average Bonchev–Trinajstić information content (AvgIpc) is 2.92. The van der Waals surface area contributed by atoms with E-state index in [0.29, 0.717) is 5.56 Å². The lowest BCUT2D eigenvalue weighted by Crippen LogP contribution is -2.56. The minimum absolute atomic E-state index is 0.110. The van der Waals surface area contributed by atoms with Crippen LogP contribution in [0.2, 0.25) is 0 Å². The van der Waals surface area contributed by atoms with E-state index in [4.69, 9.17) is 18.9 Å². The van der Waals surface area contributed by atoms with Gasteiger partial charge >= 0.3 is 17.9 Å². The van der Waals surface area contributed by atoms with Gasteiger partial charge in [0.15, 0.2) is 0 Å². The zero-order valence-corrected chi connectivity index (χ0v) is 16.7. The normalized spacial score (nSPS) is 24.6. The summed E-state index contributed by atoms with van der Waals surface area (Å²) in [7, 11) is 0. The molecular weight excluding hydrogens is 420 g/mol. The second-order valence-corrected chi connectivity index (χ2v) is 7.57. The molecule has 2 saturated heterocycles. The summed E-state index contributed by atoms with van der Waals surface area (Å²) in [5, 5.41) is 0. The molecule has 7 nitrogen and oxygen atoms in total. The third-order valence-electron chi connectivity index (χ3n) is 4.36. The first-order chi connectivity index (χ1) is 12.7. The van der Waals surface area contributed by atoms with Gasteiger partial charge in [0.1, 0.15) is 6.10 Å². The molecule has 2 heterocycles. The van der Waals surface area contributed by atoms with Crippen molar-refractivity contribution in [1.29, 1.82) is 0 Å². The van der Waals surface area contributed by atoms with E-state index in [1.807, 2.05) is 0 Å². The highest BCUT2D eigenvalue weighted by atomic mass is 79.9. The van der Waals surface area contributed by atoms with E-state index < -0.39 is 35.2 Å². The smallest absolute Gasteiger partial charge is 0.334 e. The molecule has 1 unspecified atom stereocenters. The van der Waals surface area contributed by atoms with Crippen LogP contribution in [0.4, 0.5) is 0 Å². The Kier molecular flexibility index (Phi) is 5.14. The summed E-state index contributed by atoms with van der Waals surface area (Å²) in [4.78, 5) is 38.1. The van der Waals surface area contributed by atoms with Crippen LogP contribution in [-0.4, -0.2) is 36.9 Å². The van der Waals surface area contributed by atoms with E-state index in [0.717, 1.165) is 10.5 Å². The number of benzene rings is 1. The van der Waals surface area contributed by atoms with Crippen molar-refractivity contribution in [3.63, 3.8) is 0 Å². The third-order valence-corrected chi connectivity index (χ3v) is 4.85. The number of halogens is 1. The standard InChI is InChI=1S/C19H19BrO7/c1-4-24-14(21)9-12-10-25-15(11-6-5-7-13(20)8-11)19(12)16(22)26-18(2,3)27-17(19)23/h5-9,15H,4,10H2,1-3H3/b12-9+. The monoisotopic (exact) mass is 438 g/mol. The van der Waals surface area contributed by atoms with E-state index in [2.05, 4.69) is 15.9 Å². The highest BCUT2D eigenvalue weighted by molar-refractivity contribution is 9.10. The summed E-state index contributed by atoms with van der Waals surface area (Å²) in [5.41, 5.74) is -1.18. The lowest BCUT2D eigenvalue weighted by molar-refractivity contribution is -0.251. The quantitative estimate of drug-likeness (QED) is 0.407. The highest BCUT2D eigenvalue weighted by Crippen LogP contribution is 2.53. The van der Waals surface area contributed by atoms with Gasteiger partial charge in [-0.2, -0.15) is 0 Å². The van der Waals surface area contributed by atoms with Crippen LogP contribution in [0.3, 0.4) is 0 Å². The van der Waals surface area contributed by atoms with Gasteiger partial charge in [-0.1, -0.05) is 28.1 Å². The first-order valence-electron chi connectivity index (χ1n) is 8.42. The lowest BCUT2D eigenvalue weighted by Gasteiger charge is -2.40. The van der Waals surface area contributed by atoms with Crippen LogP contribution in [0.1, 0.15) is 32.4 Å². The summed E-state index contributed by atoms with van der Waals surface area (Å²) in [6.07, 6.45) is 0.120. The van der Waals surface area contributed by atoms with Gasteiger partial charge in [-0.05, 0) is 30.2 Å². The molecule has 0 amide bonds. The van der Waals surface area contributed by atoms with Crippen molar-refractivity contribution in [2.45, 2.75) is 32.7 Å². The Morgan fingerprint density at radius 3 is 2.56 bits per heavy atom. The average molecular weight is 439 g/mol. The molecule has 0 bridgehead atoms. The summed E-state index contributed by atoms with van der Waals surface area (Å²) in [5.74, 6) is -3.71. The van der Waals surface area contributed by atoms with Crippen molar-refractivity contribution in [3.05, 3.63) is 46.0 Å². The SMILES string of the molecule is CCOC(=O)/C=C1\COC(c2cccc(Br)c2)C12C(=O)OC(C)(C)OC2=O. The van der Waals surface area contributed by atoms with Crippen molar-refractivity contribution in [3.8, 4) is 0 Å². The van der Waals surface area contributed by atoms with Crippen LogP contribution in [-0.2, 0) is 33.3 Å². The second-order valence-electron chi connectivity index (χ2n) is 6.65. The molecule has 2 aliphatic heterocycles. The van der Waals surface area contributed by atoms with Crippen LogP contribution in [0.25, 0.3) is 0 Å². The lowest BCUT2D eigenvalue weighted by atomic mass is 9.74. The molecule has 0 aromatic heterocycles. The molecular formula is C19H19BrO7. The van der Waals surface area contributed by atoms with Crippen LogP contribution in [0.5, 0.6) is 0 Å². The van der Waals surface area contributed by atoms with Crippen LogP contribution in [0, 0.1) is 5.41 Å². The molecule has 1 aromatic carbocycles. The largest absolute Gasteiger partial charge is 0.463 e. The molecule has 2 aliphatic rings. The Morgan fingerprint density at radius 1 is 1.30 bits per heavy atom. The molecule has 27 heavy (non-hydrogen) atoms. The molecule has 1 atom stereocenters. The summed E-state index contributed by atoms with van der Waals surface area (Å²) in [6.45, 7) is 4.64. The first kappa shape index (κ1) is 19.6. The van der Waals surface area contributed by atoms with Crippen molar-refractivity contribution >= 4 is 33.8 Å². The van der Waals surface area contributed by atoms with Gasteiger partial charge in [0.05, 0.1) is 13.2 Å². The van der Waals surface area contributed by atoms with E-state index in [9.17, 15) is 14.4 Å². The number of cyclic esters (lactones) is 2. The van der Waals surface area contributed by atoms with Gasteiger partial charge in [0, 0.05) is 24.4 Å². The fourth-order valence-electron chi connectivity index (χ4n) is 3.27. The fourth-order valence-corrected chi connectivity index (χ4v) is 3.68. The second kappa shape index (κ2) is 7.09. The molecule has 0 N–H and O–H groups in total. The van der Waals surface area contributed by atoms with Crippen LogP contribution >= 0.6 is 15.9 Å². The van der Waals surface area contributed by atoms with Gasteiger partial charge in [-0.15, -0.1) is 0 Å². The predicted molar refractivity (Wildman–Crippen MR) is 96.2 cm³/mol. The van der Waals surface area contributed by atoms with E-state index in [1.165, 1.54) is 13.8 Å². The Bertz CT molecular complexity index is 807. The minimum atomic E-state index is -1.90. The topological polar surface area (TPSA) is 88.1 Å². The zero-order valence-electron chi connectivity index (χ0n) is 15.1. The number of hydrogen-bond donors (Lipinski definition) is 0.